The number of thioether (sulfide) groups is 1. The Kier molecular flexibility index (Phi) is 6.15. The number of aromatic amines is 1. The van der Waals surface area contributed by atoms with Crippen molar-refractivity contribution in [2.24, 2.45) is 5.73 Å². The van der Waals surface area contributed by atoms with E-state index in [9.17, 15) is 4.79 Å². The largest absolute Gasteiger partial charge is 0.350 e. The summed E-state index contributed by atoms with van der Waals surface area (Å²) in [6.07, 6.45) is 5.67. The van der Waals surface area contributed by atoms with Crippen molar-refractivity contribution in [2.75, 3.05) is 23.7 Å². The van der Waals surface area contributed by atoms with Crippen LogP contribution in [-0.2, 0) is 4.79 Å². The first-order valence-corrected chi connectivity index (χ1v) is 8.62. The molecule has 1 aliphatic heterocycles. The lowest BCUT2D eigenvalue weighted by Gasteiger charge is -2.27. The van der Waals surface area contributed by atoms with Gasteiger partial charge in [-0.3, -0.25) is 4.79 Å². The number of anilines is 1. The van der Waals surface area contributed by atoms with Gasteiger partial charge in [0.25, 0.3) is 5.91 Å². The number of nitrogens with two attached hydrogens (primary N) is 1. The van der Waals surface area contributed by atoms with Crippen molar-refractivity contribution in [1.29, 1.82) is 0 Å². The normalized spacial score (nSPS) is 15.6. The molecule has 0 aromatic carbocycles. The van der Waals surface area contributed by atoms with Gasteiger partial charge in [-0.05, 0) is 25.5 Å². The highest BCUT2D eigenvalue weighted by Gasteiger charge is 2.20. The standard InChI is InChI=1S/C16H21N5OS.ClH/c1-10-7-19-15-14(10)12(3-4-18-15)21-5-6-23-13(9-21)16(22)20-8-11(2)17;/h3-4,7,9,11H,5-6,8,17H2,1-2H3,(H,18,19)(H,20,22);1H/t11-;/m1./s1. The van der Waals surface area contributed by atoms with Crippen LogP contribution in [0.15, 0.2) is 29.6 Å². The molecule has 4 N–H and O–H groups in total. The average Bonchev–Trinajstić information content (AvgIpc) is 2.94. The quantitative estimate of drug-likeness (QED) is 0.770. The summed E-state index contributed by atoms with van der Waals surface area (Å²) in [5.74, 6) is 0.804. The second kappa shape index (κ2) is 7.92. The number of amides is 1. The molecule has 6 nitrogen and oxygen atoms in total. The van der Waals surface area contributed by atoms with Gasteiger partial charge in [0.2, 0.25) is 0 Å². The van der Waals surface area contributed by atoms with E-state index in [1.807, 2.05) is 25.4 Å². The first-order chi connectivity index (χ1) is 11.1. The number of aromatic nitrogens is 2. The van der Waals surface area contributed by atoms with Crippen molar-refractivity contribution in [3.05, 3.63) is 35.1 Å². The Balaban J connectivity index is 0.00000208. The van der Waals surface area contributed by atoms with Crippen molar-refractivity contribution in [1.82, 2.24) is 15.3 Å². The van der Waals surface area contributed by atoms with Crippen LogP contribution in [0.3, 0.4) is 0 Å². The van der Waals surface area contributed by atoms with Gasteiger partial charge in [-0.25, -0.2) is 4.98 Å². The summed E-state index contributed by atoms with van der Waals surface area (Å²) >= 11 is 1.58. The van der Waals surface area contributed by atoms with Crippen molar-refractivity contribution in [2.45, 2.75) is 19.9 Å². The summed E-state index contributed by atoms with van der Waals surface area (Å²) in [4.78, 5) is 22.6. The molecule has 2 aromatic heterocycles. The van der Waals surface area contributed by atoms with Gasteiger partial charge < -0.3 is 20.9 Å². The van der Waals surface area contributed by atoms with Crippen LogP contribution in [0.4, 0.5) is 5.69 Å². The summed E-state index contributed by atoms with van der Waals surface area (Å²) in [6.45, 7) is 5.27. The van der Waals surface area contributed by atoms with Crippen LogP contribution in [0.5, 0.6) is 0 Å². The number of fused-ring (bicyclic) bond motifs is 1. The van der Waals surface area contributed by atoms with E-state index in [1.54, 1.807) is 18.0 Å². The van der Waals surface area contributed by atoms with Gasteiger partial charge in [0.1, 0.15) is 5.65 Å². The summed E-state index contributed by atoms with van der Waals surface area (Å²) in [6, 6.07) is 1.94. The van der Waals surface area contributed by atoms with Gasteiger partial charge in [0.05, 0.1) is 10.6 Å². The van der Waals surface area contributed by atoms with Crippen LogP contribution < -0.4 is 16.0 Å². The van der Waals surface area contributed by atoms with E-state index >= 15 is 0 Å². The van der Waals surface area contributed by atoms with Crippen LogP contribution in [0.2, 0.25) is 0 Å². The monoisotopic (exact) mass is 367 g/mol. The molecule has 3 heterocycles. The molecule has 8 heteroatoms. The molecule has 24 heavy (non-hydrogen) atoms. The molecule has 0 saturated carbocycles. The molecule has 0 aliphatic carbocycles. The van der Waals surface area contributed by atoms with E-state index in [2.05, 4.69) is 27.1 Å². The zero-order chi connectivity index (χ0) is 16.4. The predicted molar refractivity (Wildman–Crippen MR) is 103 cm³/mol. The van der Waals surface area contributed by atoms with E-state index in [-0.39, 0.29) is 24.4 Å². The maximum absolute atomic E-state index is 12.3. The van der Waals surface area contributed by atoms with E-state index in [1.165, 1.54) is 0 Å². The number of aryl methyl sites for hydroxylation is 1. The SMILES string of the molecule is Cc1c[nH]c2nccc(N3C=C(C(=O)NC[C@@H](C)N)SCC3)c12.Cl. The molecule has 2 aromatic rings. The second-order valence-corrected chi connectivity index (χ2v) is 6.88. The Morgan fingerprint density at radius 2 is 2.38 bits per heavy atom. The van der Waals surface area contributed by atoms with Gasteiger partial charge in [-0.2, -0.15) is 0 Å². The predicted octanol–water partition coefficient (Wildman–Crippen LogP) is 2.15. The molecule has 0 fully saturated rings. The minimum atomic E-state index is -0.0620. The Morgan fingerprint density at radius 3 is 3.12 bits per heavy atom. The molecular weight excluding hydrogens is 346 g/mol. The van der Waals surface area contributed by atoms with Crippen molar-refractivity contribution < 1.29 is 4.79 Å². The molecule has 1 aliphatic rings. The number of carbonyl (C=O) groups is 1. The van der Waals surface area contributed by atoms with Crippen LogP contribution in [0.1, 0.15) is 12.5 Å². The molecule has 0 spiro atoms. The summed E-state index contributed by atoms with van der Waals surface area (Å²) in [5, 5.41) is 3.97. The van der Waals surface area contributed by atoms with E-state index in [0.717, 1.165) is 39.5 Å². The fourth-order valence-corrected chi connectivity index (χ4v) is 3.50. The zero-order valence-corrected chi connectivity index (χ0v) is 15.3. The molecular formula is C16H22ClN5OS. The maximum atomic E-state index is 12.3. The summed E-state index contributed by atoms with van der Waals surface area (Å²) in [7, 11) is 0. The number of hydrogen-bond donors (Lipinski definition) is 3. The van der Waals surface area contributed by atoms with Gasteiger partial charge in [-0.1, -0.05) is 0 Å². The average molecular weight is 368 g/mol. The van der Waals surface area contributed by atoms with Gasteiger partial charge in [-0.15, -0.1) is 24.2 Å². The number of nitrogens with zero attached hydrogens (tertiary/aromatic N) is 2. The molecule has 1 amide bonds. The Hall–Kier alpha value is -1.70. The van der Waals surface area contributed by atoms with Crippen LogP contribution >= 0.6 is 24.2 Å². The number of pyridine rings is 1. The number of nitrogens with one attached hydrogen (secondary N) is 2. The Labute approximate surface area is 151 Å². The molecule has 130 valence electrons. The lowest BCUT2D eigenvalue weighted by Crippen LogP contribution is -2.37. The molecule has 1 atom stereocenters. The third kappa shape index (κ3) is 3.85. The minimum absolute atomic E-state index is 0. The lowest BCUT2D eigenvalue weighted by atomic mass is 10.2. The number of hydrogen-bond acceptors (Lipinski definition) is 5. The van der Waals surface area contributed by atoms with E-state index in [0.29, 0.717) is 6.54 Å². The zero-order valence-electron chi connectivity index (χ0n) is 13.7. The highest BCUT2D eigenvalue weighted by atomic mass is 35.5. The molecule has 3 rings (SSSR count). The van der Waals surface area contributed by atoms with E-state index in [4.69, 9.17) is 5.73 Å². The van der Waals surface area contributed by atoms with Crippen molar-refractivity contribution in [3.63, 3.8) is 0 Å². The fourth-order valence-electron chi connectivity index (χ4n) is 2.59. The highest BCUT2D eigenvalue weighted by Crippen LogP contribution is 2.32. The minimum Gasteiger partial charge on any atom is -0.350 e. The number of halogens is 1. The van der Waals surface area contributed by atoms with Crippen molar-refractivity contribution >= 4 is 46.8 Å². The van der Waals surface area contributed by atoms with Crippen LogP contribution in [0.25, 0.3) is 11.0 Å². The summed E-state index contributed by atoms with van der Waals surface area (Å²) < 4.78 is 0. The smallest absolute Gasteiger partial charge is 0.259 e. The van der Waals surface area contributed by atoms with Gasteiger partial charge in [0.15, 0.2) is 0 Å². The third-order valence-electron chi connectivity index (χ3n) is 3.73. The molecule has 0 radical (unpaired) electrons. The molecule has 0 bridgehead atoms. The third-order valence-corrected chi connectivity index (χ3v) is 4.72. The van der Waals surface area contributed by atoms with Crippen LogP contribution in [0, 0.1) is 6.92 Å². The summed E-state index contributed by atoms with van der Waals surface area (Å²) in [5.41, 5.74) is 8.79. The first kappa shape index (κ1) is 18.6. The van der Waals surface area contributed by atoms with Gasteiger partial charge in [0, 0.05) is 48.9 Å². The second-order valence-electron chi connectivity index (χ2n) is 5.75. The Bertz CT molecular complexity index is 758. The Morgan fingerprint density at radius 1 is 1.58 bits per heavy atom. The maximum Gasteiger partial charge on any atom is 0.259 e. The first-order valence-electron chi connectivity index (χ1n) is 7.64. The molecule has 0 saturated heterocycles. The number of carbonyl (C=O) groups excluding carboxylic acids is 1. The lowest BCUT2D eigenvalue weighted by molar-refractivity contribution is -0.116. The highest BCUT2D eigenvalue weighted by molar-refractivity contribution is 8.04. The van der Waals surface area contributed by atoms with Gasteiger partial charge >= 0.3 is 0 Å². The van der Waals surface area contributed by atoms with E-state index < -0.39 is 0 Å². The fraction of sp³-hybridized carbons (Fsp3) is 0.375. The molecule has 0 unspecified atom stereocenters. The number of H-pyrrole nitrogens is 1. The van der Waals surface area contributed by atoms with Crippen molar-refractivity contribution in [3.8, 4) is 0 Å². The topological polar surface area (TPSA) is 87.0 Å². The number of rotatable bonds is 4. The van der Waals surface area contributed by atoms with Crippen LogP contribution in [-0.4, -0.2) is 40.8 Å².